The van der Waals surface area contributed by atoms with E-state index in [-0.39, 0.29) is 116 Å². The zero-order valence-electron chi connectivity index (χ0n) is 53.8. The molecule has 6 spiro atoms. The summed E-state index contributed by atoms with van der Waals surface area (Å²) in [6.45, 7) is 3.46. The Hall–Kier alpha value is -4.38. The van der Waals surface area contributed by atoms with Crippen molar-refractivity contribution in [3.05, 3.63) is 83.0 Å². The number of nitrogens with one attached hydrogen (secondary N) is 1. The highest BCUT2D eigenvalue weighted by atomic mass is 33.1. The van der Waals surface area contributed by atoms with E-state index in [2.05, 4.69) is 92.6 Å². The fraction of sp³-hybridized carbons (Fsp3) is 0.733. The summed E-state index contributed by atoms with van der Waals surface area (Å²) in [7, 11) is 4.18. The van der Waals surface area contributed by atoms with Crippen LogP contribution < -0.4 is 27.3 Å². The summed E-state index contributed by atoms with van der Waals surface area (Å²) in [6, 6.07) is 13.1. The Morgan fingerprint density at radius 3 is 2.48 bits per heavy atom. The third-order valence-corrected chi connectivity index (χ3v) is 33.4. The molecule has 2 aromatic rings. The van der Waals surface area contributed by atoms with Gasteiger partial charge >= 0.3 is 5.97 Å². The molecule has 1 saturated heterocycles. The van der Waals surface area contributed by atoms with Crippen LogP contribution in [0.3, 0.4) is 0 Å². The Morgan fingerprint density at radius 2 is 1.65 bits per heavy atom. The number of carbonyl (C=O) groups is 2. The molecule has 16 heteroatoms. The quantitative estimate of drug-likeness (QED) is 0.0497. The first-order chi connectivity index (χ1) is 44.0. The highest BCUT2D eigenvalue weighted by Gasteiger charge is 2.74. The summed E-state index contributed by atoms with van der Waals surface area (Å²) in [5.41, 5.74) is 21.5. The van der Waals surface area contributed by atoms with Crippen LogP contribution in [0.25, 0.3) is 0 Å². The van der Waals surface area contributed by atoms with Crippen LogP contribution >= 0.6 is 21.6 Å². The van der Waals surface area contributed by atoms with Gasteiger partial charge in [-0.25, -0.2) is 0 Å². The third kappa shape index (κ3) is 8.95. The Balaban J connectivity index is 0.800. The number of nitrogens with two attached hydrogens (primary N) is 3. The summed E-state index contributed by atoms with van der Waals surface area (Å²) in [6.07, 6.45) is 35.2. The van der Waals surface area contributed by atoms with Crippen molar-refractivity contribution in [1.29, 1.82) is 0 Å². The van der Waals surface area contributed by atoms with Crippen LogP contribution in [-0.4, -0.2) is 97.2 Å². The first-order valence-corrected chi connectivity index (χ1v) is 38.5. The van der Waals surface area contributed by atoms with Crippen molar-refractivity contribution >= 4 is 45.4 Å². The average molecular weight is 1280 g/mol. The number of aromatic hydroxyl groups is 1. The molecule has 1 amide bonds. The van der Waals surface area contributed by atoms with E-state index in [1.54, 1.807) is 6.92 Å². The van der Waals surface area contributed by atoms with E-state index >= 15 is 4.79 Å². The van der Waals surface area contributed by atoms with Gasteiger partial charge in [0.05, 0.1) is 12.2 Å². The highest BCUT2D eigenvalue weighted by Crippen LogP contribution is 2.78. The number of aliphatic imine (C=N–C) groups is 2. The molecular formula is C75H101N7O7S2. The Labute approximate surface area is 547 Å². The van der Waals surface area contributed by atoms with Gasteiger partial charge in [0.2, 0.25) is 5.91 Å². The fourth-order valence-corrected chi connectivity index (χ4v) is 30.6. The molecule has 7 heterocycles. The number of nitrogens with zero attached hydrogens (tertiary/aromatic N) is 3. The molecule has 14 bridgehead atoms. The minimum Gasteiger partial charge on any atom is -0.504 e. The standard InChI is InChI=1S/C75H101N7O7S2/c1-43(83)88-73-36-47-15-16-52(73)34-49-32-50(64(86)65-61(49)45-23-31-72(89-65)28-7-12-51(72)33-45)41-82-42-70(38-60(82)85)53(17-19-55(70)44-10-3-2-4-11-44)40-80-68(78)81-75(30-8-26-69(75)24-5-6-25-69)91-90-59-22-21-56-54(63(47)58(84)37-73)18-20-57(59)74(56)29-9-27-71(74)35-46-13-14-48(39-79-67(76)77)62(46)66(71)87/h2-4,10-11,21-23,31-32,45-48,51-59,62-63,66,84,86-87H,5-9,12-20,24-30,33-42H2,1H3,(H4,76,77,79)(H3,78,80,81). The zero-order valence-corrected chi connectivity index (χ0v) is 55.4. The molecule has 21 rings (SSSR count). The number of ether oxygens (including phenoxy) is 2. The van der Waals surface area contributed by atoms with Crippen LogP contribution in [0.2, 0.25) is 0 Å². The number of guanidine groups is 2. The predicted octanol–water partition coefficient (Wildman–Crippen LogP) is 12.1. The second-order valence-corrected chi connectivity index (χ2v) is 35.7. The number of hydrogen-bond donors (Lipinski definition) is 7. The SMILES string of the molecule is CC(=O)OC12CC(O)C3C(CCC1Cc1cc(c(O)c4c1C1C=CC5(CCCC5C1)O4)CN1CC4(CC1=O)C(CCC4c1ccccc1)CN=C(N)NC1(CCCC14CCCC4)SSC1C=CC4C3CCC1C41CCCC13CC1CCC(CN=C(N)N)C1C3O)C2. The lowest BCUT2D eigenvalue weighted by molar-refractivity contribution is -0.210. The zero-order chi connectivity index (χ0) is 62.0. The van der Waals surface area contributed by atoms with Gasteiger partial charge in [-0.2, -0.15) is 0 Å². The first kappa shape index (κ1) is 60.3. The summed E-state index contributed by atoms with van der Waals surface area (Å²) in [4.78, 5) is 40.9. The maximum Gasteiger partial charge on any atom is 0.303 e. The van der Waals surface area contributed by atoms with Crippen LogP contribution in [0.15, 0.2) is 70.7 Å². The minimum absolute atomic E-state index is 0.0152. The lowest BCUT2D eigenvalue weighted by atomic mass is 9.41. The van der Waals surface area contributed by atoms with Crippen molar-refractivity contribution in [2.24, 2.45) is 114 Å². The number of amides is 1. The number of allylic oxidation sites excluding steroid dienone is 2. The van der Waals surface area contributed by atoms with Crippen molar-refractivity contribution in [1.82, 2.24) is 10.2 Å². The van der Waals surface area contributed by atoms with Crippen molar-refractivity contribution in [3.63, 3.8) is 0 Å². The van der Waals surface area contributed by atoms with Gasteiger partial charge in [0.25, 0.3) is 0 Å². The lowest BCUT2D eigenvalue weighted by Gasteiger charge is -2.65. The molecule has 22 atom stereocenters. The van der Waals surface area contributed by atoms with Gasteiger partial charge in [0.1, 0.15) is 16.1 Å². The minimum atomic E-state index is -0.891. The van der Waals surface area contributed by atoms with Crippen molar-refractivity contribution in [2.45, 2.75) is 232 Å². The van der Waals surface area contributed by atoms with Gasteiger partial charge in [-0.05, 0) is 229 Å². The van der Waals surface area contributed by atoms with E-state index in [1.165, 1.54) is 37.7 Å². The molecular weight excluding hydrogens is 1180 g/mol. The molecule has 0 radical (unpaired) electrons. The molecule has 12 aliphatic carbocycles. The van der Waals surface area contributed by atoms with Gasteiger partial charge in [0.15, 0.2) is 23.4 Å². The van der Waals surface area contributed by atoms with E-state index in [1.807, 2.05) is 4.90 Å². The van der Waals surface area contributed by atoms with Gasteiger partial charge in [0, 0.05) is 96.3 Å². The maximum atomic E-state index is 15.2. The van der Waals surface area contributed by atoms with Gasteiger partial charge < -0.3 is 52.2 Å². The predicted molar refractivity (Wildman–Crippen MR) is 357 cm³/mol. The number of hydrogen-bond acceptors (Lipinski definition) is 13. The lowest BCUT2D eigenvalue weighted by Crippen LogP contribution is -2.64. The molecule has 2 aromatic carbocycles. The fourth-order valence-electron chi connectivity index (χ4n) is 26.5. The van der Waals surface area contributed by atoms with Crippen molar-refractivity contribution in [3.8, 4) is 11.5 Å². The van der Waals surface area contributed by atoms with Gasteiger partial charge in [-0.3, -0.25) is 19.6 Å². The number of benzene rings is 2. The Bertz CT molecular complexity index is 3340. The summed E-state index contributed by atoms with van der Waals surface area (Å²) < 4.78 is 14.3. The van der Waals surface area contributed by atoms with Crippen molar-refractivity contribution < 1.29 is 34.4 Å². The number of phenolic OH excluding ortho intramolecular Hbond substituents is 1. The van der Waals surface area contributed by atoms with E-state index < -0.39 is 28.8 Å². The molecule has 490 valence electrons. The van der Waals surface area contributed by atoms with E-state index in [9.17, 15) is 20.1 Å². The molecule has 22 unspecified atom stereocenters. The second-order valence-electron chi connectivity index (χ2n) is 33.0. The number of phenols is 1. The molecule has 10 N–H and O–H groups in total. The Kier molecular flexibility index (Phi) is 14.6. The molecule has 7 aliphatic heterocycles. The van der Waals surface area contributed by atoms with E-state index in [0.717, 1.165) is 127 Å². The number of aliphatic hydroxyl groups excluding tert-OH is 2. The number of esters is 1. The normalized spacial score (nSPS) is 46.2. The van der Waals surface area contributed by atoms with Crippen LogP contribution in [-0.2, 0) is 27.3 Å². The number of fused-ring (bicyclic) bond motifs is 3. The Morgan fingerprint density at radius 1 is 0.846 bits per heavy atom. The monoisotopic (exact) mass is 1280 g/mol. The van der Waals surface area contributed by atoms with Crippen LogP contribution in [0.5, 0.6) is 11.5 Å². The smallest absolute Gasteiger partial charge is 0.303 e. The molecule has 91 heavy (non-hydrogen) atoms. The molecule has 0 aromatic heterocycles. The summed E-state index contributed by atoms with van der Waals surface area (Å²) in [5.74, 6) is 3.43. The average Bonchev–Trinajstić information content (AvgIpc) is 1.52. The summed E-state index contributed by atoms with van der Waals surface area (Å²) >= 11 is 0. The second kappa shape index (κ2) is 22.1. The van der Waals surface area contributed by atoms with Crippen LogP contribution in [0, 0.1) is 86.8 Å². The van der Waals surface area contributed by atoms with Gasteiger partial charge in [-0.1, -0.05) is 89.4 Å². The highest BCUT2D eigenvalue weighted by molar-refractivity contribution is 8.77. The molecule has 19 aliphatic rings. The first-order valence-electron chi connectivity index (χ1n) is 36.3. The van der Waals surface area contributed by atoms with Crippen LogP contribution in [0.4, 0.5) is 0 Å². The van der Waals surface area contributed by atoms with Crippen molar-refractivity contribution in [2.75, 3.05) is 19.6 Å². The topological polar surface area (TPSA) is 231 Å². The van der Waals surface area contributed by atoms with Gasteiger partial charge in [-0.15, -0.1) is 0 Å². The largest absolute Gasteiger partial charge is 0.504 e. The number of aliphatic hydroxyl groups is 2. The van der Waals surface area contributed by atoms with E-state index in [4.69, 9.17) is 31.7 Å². The number of rotatable bonds is 4. The molecule has 14 nitrogen and oxygen atoms in total. The maximum absolute atomic E-state index is 15.2. The third-order valence-electron chi connectivity index (χ3n) is 29.7. The van der Waals surface area contributed by atoms with Crippen LogP contribution in [0.1, 0.15) is 208 Å². The molecule has 11 fully saturated rings. The molecule has 10 saturated carbocycles. The number of carbonyl (C=O) groups excluding carboxylic acids is 2. The van der Waals surface area contributed by atoms with E-state index in [0.29, 0.717) is 80.3 Å². The summed E-state index contributed by atoms with van der Waals surface area (Å²) in [5, 5.41) is 44.5.